The number of benzene rings is 1. The molecule has 0 fully saturated rings. The third kappa shape index (κ3) is 3.96. The summed E-state index contributed by atoms with van der Waals surface area (Å²) < 4.78 is 7.27. The van der Waals surface area contributed by atoms with Crippen molar-refractivity contribution in [3.63, 3.8) is 0 Å². The molecule has 1 heterocycles. The molecule has 0 aromatic heterocycles. The minimum Gasteiger partial charge on any atom is -0.490 e. The number of rotatable bonds is 5. The van der Waals surface area contributed by atoms with Gasteiger partial charge >= 0.3 is 0 Å². The van der Waals surface area contributed by atoms with Gasteiger partial charge in [0, 0.05) is 22.5 Å². The predicted octanol–water partition coefficient (Wildman–Crippen LogP) is 4.69. The first-order valence-electron chi connectivity index (χ1n) is 7.29. The summed E-state index contributed by atoms with van der Waals surface area (Å²) in [5, 5.41) is 3.66. The van der Waals surface area contributed by atoms with Crippen molar-refractivity contribution in [2.45, 2.75) is 52.2 Å². The molecule has 0 saturated heterocycles. The molecule has 2 atom stereocenters. The molecular weight excluding hydrogens is 302 g/mol. The first-order chi connectivity index (χ1) is 9.10. The highest BCUT2D eigenvalue weighted by Crippen LogP contribution is 2.38. The van der Waals surface area contributed by atoms with Crippen LogP contribution in [0, 0.1) is 5.92 Å². The van der Waals surface area contributed by atoms with Crippen LogP contribution in [-0.4, -0.2) is 12.6 Å². The molecule has 0 aliphatic carbocycles. The molecule has 0 spiro atoms. The summed E-state index contributed by atoms with van der Waals surface area (Å²) in [5.41, 5.74) is 1.29. The lowest BCUT2D eigenvalue weighted by atomic mass is 9.92. The molecule has 0 radical (unpaired) electrons. The topological polar surface area (TPSA) is 21.3 Å². The van der Waals surface area contributed by atoms with E-state index in [0.717, 1.165) is 36.0 Å². The van der Waals surface area contributed by atoms with Crippen LogP contribution in [0.1, 0.15) is 51.6 Å². The first-order valence-corrected chi connectivity index (χ1v) is 8.09. The van der Waals surface area contributed by atoms with E-state index in [1.165, 1.54) is 5.56 Å². The summed E-state index contributed by atoms with van der Waals surface area (Å²) in [6, 6.07) is 6.76. The molecule has 2 unspecified atom stereocenters. The van der Waals surface area contributed by atoms with Crippen LogP contribution in [0.4, 0.5) is 0 Å². The Morgan fingerprint density at radius 2 is 2.21 bits per heavy atom. The van der Waals surface area contributed by atoms with Crippen LogP contribution in [0.15, 0.2) is 22.7 Å². The third-order valence-electron chi connectivity index (χ3n) is 3.51. The summed E-state index contributed by atoms with van der Waals surface area (Å²) in [5.74, 6) is 1.72. The Morgan fingerprint density at radius 1 is 1.42 bits per heavy atom. The first kappa shape index (κ1) is 14.9. The van der Waals surface area contributed by atoms with E-state index < -0.39 is 0 Å². The quantitative estimate of drug-likeness (QED) is 0.848. The molecule has 0 amide bonds. The fourth-order valence-electron chi connectivity index (χ4n) is 2.70. The molecule has 1 aromatic rings. The Morgan fingerprint density at radius 3 is 2.89 bits per heavy atom. The smallest absolute Gasteiger partial charge is 0.124 e. The van der Waals surface area contributed by atoms with Crippen LogP contribution < -0.4 is 10.1 Å². The van der Waals surface area contributed by atoms with Crippen molar-refractivity contribution in [1.29, 1.82) is 0 Å². The summed E-state index contributed by atoms with van der Waals surface area (Å²) in [4.78, 5) is 0. The standard InChI is InChI=1S/C16H24BrNO/c1-4-7-18-15-10-13(8-11(2)3)19-16-6-5-12(17)9-14(15)16/h5-6,9,11,13,15,18H,4,7-8,10H2,1-3H3. The molecule has 0 saturated carbocycles. The van der Waals surface area contributed by atoms with Gasteiger partial charge in [-0.05, 0) is 43.5 Å². The van der Waals surface area contributed by atoms with Gasteiger partial charge in [0.05, 0.1) is 0 Å². The minimum absolute atomic E-state index is 0.336. The van der Waals surface area contributed by atoms with Gasteiger partial charge in [0.2, 0.25) is 0 Å². The van der Waals surface area contributed by atoms with Gasteiger partial charge in [-0.25, -0.2) is 0 Å². The van der Waals surface area contributed by atoms with E-state index in [-0.39, 0.29) is 0 Å². The number of hydrogen-bond acceptors (Lipinski definition) is 2. The minimum atomic E-state index is 0.336. The maximum atomic E-state index is 6.15. The van der Waals surface area contributed by atoms with E-state index in [9.17, 15) is 0 Å². The highest BCUT2D eigenvalue weighted by Gasteiger charge is 2.28. The average molecular weight is 326 g/mol. The van der Waals surface area contributed by atoms with E-state index in [2.05, 4.69) is 60.2 Å². The van der Waals surface area contributed by atoms with Gasteiger partial charge in [0.1, 0.15) is 11.9 Å². The van der Waals surface area contributed by atoms with Gasteiger partial charge in [-0.1, -0.05) is 36.7 Å². The van der Waals surface area contributed by atoms with Crippen LogP contribution in [0.3, 0.4) is 0 Å². The number of nitrogens with one attached hydrogen (secondary N) is 1. The van der Waals surface area contributed by atoms with Crippen LogP contribution in [0.2, 0.25) is 0 Å². The molecule has 1 aromatic carbocycles. The molecule has 1 aliphatic rings. The van der Waals surface area contributed by atoms with Gasteiger partial charge in [-0.2, -0.15) is 0 Å². The van der Waals surface area contributed by atoms with Gasteiger partial charge in [0.25, 0.3) is 0 Å². The highest BCUT2D eigenvalue weighted by atomic mass is 79.9. The largest absolute Gasteiger partial charge is 0.490 e. The Labute approximate surface area is 125 Å². The van der Waals surface area contributed by atoms with E-state index in [1.807, 2.05) is 0 Å². The van der Waals surface area contributed by atoms with E-state index in [4.69, 9.17) is 4.74 Å². The molecule has 106 valence electrons. The molecular formula is C16H24BrNO. The Kier molecular flexibility index (Phi) is 5.28. The van der Waals surface area contributed by atoms with Crippen LogP contribution in [-0.2, 0) is 0 Å². The van der Waals surface area contributed by atoms with Crippen molar-refractivity contribution in [1.82, 2.24) is 5.32 Å². The second-order valence-electron chi connectivity index (χ2n) is 5.79. The summed E-state index contributed by atoms with van der Waals surface area (Å²) in [6.45, 7) is 7.79. The number of halogens is 1. The van der Waals surface area contributed by atoms with E-state index in [0.29, 0.717) is 18.1 Å². The van der Waals surface area contributed by atoms with Crippen molar-refractivity contribution >= 4 is 15.9 Å². The lowest BCUT2D eigenvalue weighted by Crippen LogP contribution is -2.34. The number of fused-ring (bicyclic) bond motifs is 1. The summed E-state index contributed by atoms with van der Waals surface area (Å²) in [7, 11) is 0. The van der Waals surface area contributed by atoms with Gasteiger partial charge in [-0.3, -0.25) is 0 Å². The summed E-state index contributed by atoms with van der Waals surface area (Å²) in [6.07, 6.45) is 3.69. The van der Waals surface area contributed by atoms with Gasteiger partial charge in [-0.15, -0.1) is 0 Å². The lowest BCUT2D eigenvalue weighted by Gasteiger charge is -2.33. The van der Waals surface area contributed by atoms with Crippen molar-refractivity contribution in [2.24, 2.45) is 5.92 Å². The lowest BCUT2D eigenvalue weighted by molar-refractivity contribution is 0.128. The third-order valence-corrected chi connectivity index (χ3v) is 4.01. The van der Waals surface area contributed by atoms with E-state index in [1.54, 1.807) is 0 Å². The summed E-state index contributed by atoms with van der Waals surface area (Å²) >= 11 is 3.56. The maximum Gasteiger partial charge on any atom is 0.124 e. The van der Waals surface area contributed by atoms with Crippen molar-refractivity contribution in [3.8, 4) is 5.75 Å². The average Bonchev–Trinajstić information content (AvgIpc) is 2.35. The zero-order valence-corrected chi connectivity index (χ0v) is 13.7. The molecule has 2 rings (SSSR count). The molecule has 1 N–H and O–H groups in total. The zero-order valence-electron chi connectivity index (χ0n) is 12.1. The van der Waals surface area contributed by atoms with Crippen LogP contribution in [0.5, 0.6) is 5.75 Å². The zero-order chi connectivity index (χ0) is 13.8. The second-order valence-corrected chi connectivity index (χ2v) is 6.71. The van der Waals surface area contributed by atoms with Crippen molar-refractivity contribution < 1.29 is 4.74 Å². The van der Waals surface area contributed by atoms with Crippen LogP contribution >= 0.6 is 15.9 Å². The normalized spacial score (nSPS) is 22.2. The molecule has 19 heavy (non-hydrogen) atoms. The molecule has 3 heteroatoms. The molecule has 1 aliphatic heterocycles. The van der Waals surface area contributed by atoms with Gasteiger partial charge in [0.15, 0.2) is 0 Å². The highest BCUT2D eigenvalue weighted by molar-refractivity contribution is 9.10. The SMILES string of the molecule is CCCNC1CC(CC(C)C)Oc2ccc(Br)cc21. The second kappa shape index (κ2) is 6.76. The monoisotopic (exact) mass is 325 g/mol. The predicted molar refractivity (Wildman–Crippen MR) is 83.7 cm³/mol. The van der Waals surface area contributed by atoms with Crippen molar-refractivity contribution in [3.05, 3.63) is 28.2 Å². The Balaban J connectivity index is 2.19. The number of ether oxygens (including phenoxy) is 1. The van der Waals surface area contributed by atoms with Crippen molar-refractivity contribution in [2.75, 3.05) is 6.54 Å². The fourth-order valence-corrected chi connectivity index (χ4v) is 3.08. The van der Waals surface area contributed by atoms with Gasteiger partial charge < -0.3 is 10.1 Å². The maximum absolute atomic E-state index is 6.15. The number of hydrogen-bond donors (Lipinski definition) is 1. The fraction of sp³-hybridized carbons (Fsp3) is 0.625. The molecule has 0 bridgehead atoms. The van der Waals surface area contributed by atoms with E-state index >= 15 is 0 Å². The Bertz CT molecular complexity index is 419. The molecule has 2 nitrogen and oxygen atoms in total. The Hall–Kier alpha value is -0.540. The van der Waals surface area contributed by atoms with Crippen LogP contribution in [0.25, 0.3) is 0 Å².